The Balaban J connectivity index is 2.48. The van der Waals surface area contributed by atoms with E-state index >= 15 is 0 Å². The summed E-state index contributed by atoms with van der Waals surface area (Å²) in [5, 5.41) is 6.52. The van der Waals surface area contributed by atoms with Crippen LogP contribution in [0.1, 0.15) is 21.0 Å². The molecule has 0 unspecified atom stereocenters. The lowest BCUT2D eigenvalue weighted by molar-refractivity contribution is 0.0922. The van der Waals surface area contributed by atoms with Gasteiger partial charge in [-0.05, 0) is 0 Å². The average molecular weight is 180 g/mol. The van der Waals surface area contributed by atoms with E-state index in [2.05, 4.69) is 10.4 Å². The van der Waals surface area contributed by atoms with E-state index in [9.17, 15) is 9.59 Å². The zero-order chi connectivity index (χ0) is 9.42. The highest BCUT2D eigenvalue weighted by Crippen LogP contribution is 2.06. The smallest absolute Gasteiger partial charge is 0.269 e. The van der Waals surface area contributed by atoms with Crippen LogP contribution in [0.3, 0.4) is 0 Å². The molecule has 0 bridgehead atoms. The molecule has 0 saturated heterocycles. The van der Waals surface area contributed by atoms with Gasteiger partial charge in [0.05, 0.1) is 6.54 Å². The highest BCUT2D eigenvalue weighted by Gasteiger charge is 2.20. The van der Waals surface area contributed by atoms with Crippen LogP contribution in [-0.4, -0.2) is 28.1 Å². The van der Waals surface area contributed by atoms with Gasteiger partial charge in [0.25, 0.3) is 11.8 Å². The largest absolute Gasteiger partial charge is 0.364 e. The van der Waals surface area contributed by atoms with Gasteiger partial charge in [-0.2, -0.15) is 5.10 Å². The number of nitrogens with one attached hydrogen (secondary N) is 1. The van der Waals surface area contributed by atoms with Crippen LogP contribution >= 0.6 is 0 Å². The van der Waals surface area contributed by atoms with Crippen molar-refractivity contribution in [2.75, 3.05) is 6.54 Å². The molecule has 68 valence electrons. The molecule has 1 aromatic rings. The Morgan fingerprint density at radius 3 is 3.08 bits per heavy atom. The zero-order valence-corrected chi connectivity index (χ0v) is 6.78. The first-order valence-corrected chi connectivity index (χ1v) is 3.84. The van der Waals surface area contributed by atoms with Gasteiger partial charge in [0, 0.05) is 12.6 Å². The summed E-state index contributed by atoms with van der Waals surface area (Å²) in [7, 11) is 0. The molecule has 0 fully saturated rings. The van der Waals surface area contributed by atoms with Crippen molar-refractivity contribution in [1.82, 2.24) is 15.1 Å². The molecular weight excluding hydrogens is 172 g/mol. The van der Waals surface area contributed by atoms with Gasteiger partial charge in [0.15, 0.2) is 5.69 Å². The number of hydrogen-bond acceptors (Lipinski definition) is 3. The van der Waals surface area contributed by atoms with Crippen LogP contribution in [0, 0.1) is 0 Å². The van der Waals surface area contributed by atoms with Crippen molar-refractivity contribution < 1.29 is 9.59 Å². The molecule has 0 saturated carbocycles. The van der Waals surface area contributed by atoms with Crippen LogP contribution in [0.4, 0.5) is 0 Å². The second kappa shape index (κ2) is 2.58. The van der Waals surface area contributed by atoms with Crippen molar-refractivity contribution in [2.45, 2.75) is 6.54 Å². The molecule has 6 nitrogen and oxygen atoms in total. The van der Waals surface area contributed by atoms with Crippen molar-refractivity contribution in [2.24, 2.45) is 5.73 Å². The SMILES string of the molecule is NC(=O)c1cc2n(n1)CCNC2=O. The molecule has 1 aromatic heterocycles. The fraction of sp³-hybridized carbons (Fsp3) is 0.286. The number of hydrogen-bond donors (Lipinski definition) is 2. The van der Waals surface area contributed by atoms with Gasteiger partial charge in [-0.1, -0.05) is 0 Å². The molecular formula is C7H8N4O2. The minimum Gasteiger partial charge on any atom is -0.364 e. The van der Waals surface area contributed by atoms with Crippen molar-refractivity contribution in [1.29, 1.82) is 0 Å². The van der Waals surface area contributed by atoms with Gasteiger partial charge in [-0.25, -0.2) is 0 Å². The maximum atomic E-state index is 11.2. The van der Waals surface area contributed by atoms with Crippen LogP contribution in [-0.2, 0) is 6.54 Å². The number of amides is 2. The van der Waals surface area contributed by atoms with E-state index in [1.807, 2.05) is 0 Å². The summed E-state index contributed by atoms with van der Waals surface area (Å²) in [5.74, 6) is -0.832. The summed E-state index contributed by atoms with van der Waals surface area (Å²) in [6.45, 7) is 1.11. The summed E-state index contributed by atoms with van der Waals surface area (Å²) in [5.41, 5.74) is 5.55. The number of rotatable bonds is 1. The van der Waals surface area contributed by atoms with E-state index in [1.165, 1.54) is 10.7 Å². The third kappa shape index (κ3) is 1.16. The van der Waals surface area contributed by atoms with E-state index in [0.29, 0.717) is 18.8 Å². The van der Waals surface area contributed by atoms with E-state index < -0.39 is 5.91 Å². The lowest BCUT2D eigenvalue weighted by atomic mass is 10.3. The Bertz CT molecular complexity index is 382. The Kier molecular flexibility index (Phi) is 1.54. The standard InChI is InChI=1S/C7H8N4O2/c8-6(12)4-3-5-7(13)9-1-2-11(5)10-4/h3H,1-2H2,(H2,8,12)(H,9,13). The second-order valence-corrected chi connectivity index (χ2v) is 2.76. The summed E-state index contributed by atoms with van der Waals surface area (Å²) in [6, 6.07) is 1.40. The Morgan fingerprint density at radius 1 is 1.69 bits per heavy atom. The van der Waals surface area contributed by atoms with Gasteiger partial charge in [-0.15, -0.1) is 0 Å². The van der Waals surface area contributed by atoms with Crippen LogP contribution in [0.15, 0.2) is 6.07 Å². The van der Waals surface area contributed by atoms with E-state index in [1.54, 1.807) is 0 Å². The molecule has 2 rings (SSSR count). The third-order valence-corrected chi connectivity index (χ3v) is 1.87. The average Bonchev–Trinajstić information content (AvgIpc) is 2.49. The van der Waals surface area contributed by atoms with Crippen LogP contribution in [0.5, 0.6) is 0 Å². The minimum absolute atomic E-state index is 0.132. The summed E-state index contributed by atoms with van der Waals surface area (Å²) in [4.78, 5) is 21.9. The number of carbonyl (C=O) groups excluding carboxylic acids is 2. The molecule has 1 aliphatic heterocycles. The quantitative estimate of drug-likeness (QED) is 0.564. The fourth-order valence-electron chi connectivity index (χ4n) is 1.26. The monoisotopic (exact) mass is 180 g/mol. The number of nitrogens with two attached hydrogens (primary N) is 1. The topological polar surface area (TPSA) is 90.0 Å². The highest BCUT2D eigenvalue weighted by molar-refractivity contribution is 5.97. The lowest BCUT2D eigenvalue weighted by Gasteiger charge is -2.13. The van der Waals surface area contributed by atoms with E-state index in [4.69, 9.17) is 5.73 Å². The molecule has 0 radical (unpaired) electrons. The molecule has 0 atom stereocenters. The van der Waals surface area contributed by atoms with Gasteiger partial charge in [0.1, 0.15) is 5.69 Å². The van der Waals surface area contributed by atoms with Crippen LogP contribution in [0.25, 0.3) is 0 Å². The molecule has 3 N–H and O–H groups in total. The predicted octanol–water partition coefficient (Wildman–Crippen LogP) is -1.27. The predicted molar refractivity (Wildman–Crippen MR) is 43.1 cm³/mol. The van der Waals surface area contributed by atoms with Crippen molar-refractivity contribution in [3.05, 3.63) is 17.5 Å². The van der Waals surface area contributed by atoms with Gasteiger partial charge in [-0.3, -0.25) is 14.3 Å². The number of carbonyl (C=O) groups is 2. The first kappa shape index (κ1) is 7.78. The van der Waals surface area contributed by atoms with E-state index in [0.717, 1.165) is 0 Å². The molecule has 0 spiro atoms. The minimum atomic E-state index is -0.616. The molecule has 6 heteroatoms. The first-order chi connectivity index (χ1) is 6.18. The Morgan fingerprint density at radius 2 is 2.46 bits per heavy atom. The van der Waals surface area contributed by atoms with Gasteiger partial charge < -0.3 is 11.1 Å². The maximum absolute atomic E-state index is 11.2. The number of primary amides is 1. The van der Waals surface area contributed by atoms with Crippen molar-refractivity contribution in [3.63, 3.8) is 0 Å². The summed E-state index contributed by atoms with van der Waals surface area (Å²) >= 11 is 0. The molecule has 0 aliphatic carbocycles. The fourth-order valence-corrected chi connectivity index (χ4v) is 1.26. The molecule has 2 heterocycles. The van der Waals surface area contributed by atoms with Crippen molar-refractivity contribution in [3.8, 4) is 0 Å². The molecule has 13 heavy (non-hydrogen) atoms. The highest BCUT2D eigenvalue weighted by atomic mass is 16.2. The zero-order valence-electron chi connectivity index (χ0n) is 6.78. The third-order valence-electron chi connectivity index (χ3n) is 1.87. The van der Waals surface area contributed by atoms with E-state index in [-0.39, 0.29) is 11.6 Å². The van der Waals surface area contributed by atoms with Gasteiger partial charge >= 0.3 is 0 Å². The summed E-state index contributed by atoms with van der Waals surface area (Å²) < 4.78 is 1.49. The normalized spacial score (nSPS) is 14.9. The lowest BCUT2D eigenvalue weighted by Crippen LogP contribution is -2.35. The molecule has 0 aromatic carbocycles. The first-order valence-electron chi connectivity index (χ1n) is 3.84. The number of fused-ring (bicyclic) bond motifs is 1. The van der Waals surface area contributed by atoms with Crippen molar-refractivity contribution >= 4 is 11.8 Å². The van der Waals surface area contributed by atoms with Crippen LogP contribution in [0.2, 0.25) is 0 Å². The van der Waals surface area contributed by atoms with Gasteiger partial charge in [0.2, 0.25) is 0 Å². The van der Waals surface area contributed by atoms with Crippen LogP contribution < -0.4 is 11.1 Å². The molecule has 2 amide bonds. The number of nitrogens with zero attached hydrogens (tertiary/aromatic N) is 2. The number of aromatic nitrogens is 2. The maximum Gasteiger partial charge on any atom is 0.269 e. The molecule has 1 aliphatic rings. The second-order valence-electron chi connectivity index (χ2n) is 2.76. The summed E-state index contributed by atoms with van der Waals surface area (Å²) in [6.07, 6.45) is 0. The Hall–Kier alpha value is -1.85. The Labute approximate surface area is 73.7 Å².